The van der Waals surface area contributed by atoms with E-state index in [1.54, 1.807) is 12.1 Å². The Morgan fingerprint density at radius 1 is 1.26 bits per heavy atom. The first-order chi connectivity index (χ1) is 8.81. The smallest absolute Gasteiger partial charge is 0.247 e. The minimum Gasteiger partial charge on any atom is -0.344 e. The molecule has 0 aromatic heterocycles. The Bertz CT molecular complexity index is 486. The number of aryl methyl sites for hydroxylation is 1. The van der Waals surface area contributed by atoms with Crippen molar-refractivity contribution in [3.05, 3.63) is 28.8 Å². The molecule has 0 radical (unpaired) electrons. The van der Waals surface area contributed by atoms with Crippen LogP contribution in [0.4, 0.5) is 5.69 Å². The van der Waals surface area contributed by atoms with E-state index in [9.17, 15) is 9.59 Å². The highest BCUT2D eigenvalue weighted by atomic mass is 35.5. The van der Waals surface area contributed by atoms with Gasteiger partial charge in [0.1, 0.15) is 6.04 Å². The van der Waals surface area contributed by atoms with E-state index in [0.717, 1.165) is 5.56 Å². The standard InChI is InChI=1S/C14H19ClN2O2/c1-8(2)13(16-10(4)18)14(19)17-12-7-11(15)6-5-9(12)3/h5-8,13H,1-4H3,(H,16,18)(H,17,19)/t13-/m0/s1. The molecule has 1 rings (SSSR count). The van der Waals surface area contributed by atoms with Crippen molar-refractivity contribution in [2.45, 2.75) is 33.7 Å². The summed E-state index contributed by atoms with van der Waals surface area (Å²) in [5, 5.41) is 6.01. The fourth-order valence-corrected chi connectivity index (χ4v) is 1.87. The molecular weight excluding hydrogens is 264 g/mol. The average Bonchev–Trinajstić information content (AvgIpc) is 2.30. The molecule has 1 aromatic carbocycles. The van der Waals surface area contributed by atoms with E-state index < -0.39 is 6.04 Å². The van der Waals surface area contributed by atoms with Gasteiger partial charge in [0.05, 0.1) is 0 Å². The summed E-state index contributed by atoms with van der Waals surface area (Å²) in [6, 6.07) is 4.73. The summed E-state index contributed by atoms with van der Waals surface area (Å²) < 4.78 is 0. The van der Waals surface area contributed by atoms with E-state index in [4.69, 9.17) is 11.6 Å². The maximum Gasteiger partial charge on any atom is 0.247 e. The Kier molecular flexibility index (Phi) is 5.36. The van der Waals surface area contributed by atoms with Crippen LogP contribution >= 0.6 is 11.6 Å². The van der Waals surface area contributed by atoms with Gasteiger partial charge in [-0.1, -0.05) is 31.5 Å². The van der Waals surface area contributed by atoms with Crippen LogP contribution in [0, 0.1) is 12.8 Å². The average molecular weight is 283 g/mol. The lowest BCUT2D eigenvalue weighted by atomic mass is 10.0. The third-order valence-electron chi connectivity index (χ3n) is 2.77. The van der Waals surface area contributed by atoms with E-state index in [2.05, 4.69) is 10.6 Å². The topological polar surface area (TPSA) is 58.2 Å². The Labute approximate surface area is 118 Å². The van der Waals surface area contributed by atoms with Crippen molar-refractivity contribution in [1.29, 1.82) is 0 Å². The van der Waals surface area contributed by atoms with Crippen molar-refractivity contribution in [3.8, 4) is 0 Å². The number of halogens is 1. The van der Waals surface area contributed by atoms with Crippen molar-refractivity contribution in [2.24, 2.45) is 5.92 Å². The van der Waals surface area contributed by atoms with E-state index in [-0.39, 0.29) is 17.7 Å². The number of nitrogens with one attached hydrogen (secondary N) is 2. The second kappa shape index (κ2) is 6.57. The van der Waals surface area contributed by atoms with Gasteiger partial charge in [-0.05, 0) is 30.5 Å². The summed E-state index contributed by atoms with van der Waals surface area (Å²) >= 11 is 5.91. The maximum absolute atomic E-state index is 12.2. The van der Waals surface area contributed by atoms with E-state index in [0.29, 0.717) is 10.7 Å². The minimum atomic E-state index is -0.559. The van der Waals surface area contributed by atoms with Crippen molar-refractivity contribution in [2.75, 3.05) is 5.32 Å². The zero-order chi connectivity index (χ0) is 14.6. The third kappa shape index (κ3) is 4.56. The summed E-state index contributed by atoms with van der Waals surface area (Å²) in [5.74, 6) is -0.462. The molecular formula is C14H19ClN2O2. The van der Waals surface area contributed by atoms with E-state index >= 15 is 0 Å². The predicted octanol–water partition coefficient (Wildman–Crippen LogP) is 2.75. The zero-order valence-corrected chi connectivity index (χ0v) is 12.3. The molecule has 0 saturated carbocycles. The molecule has 19 heavy (non-hydrogen) atoms. The lowest BCUT2D eigenvalue weighted by Gasteiger charge is -2.21. The molecule has 5 heteroatoms. The number of amides is 2. The van der Waals surface area contributed by atoms with Gasteiger partial charge in [-0.3, -0.25) is 9.59 Å². The maximum atomic E-state index is 12.2. The van der Waals surface area contributed by atoms with Gasteiger partial charge in [0.25, 0.3) is 0 Å². The number of carbonyl (C=O) groups excluding carboxylic acids is 2. The fourth-order valence-electron chi connectivity index (χ4n) is 1.69. The minimum absolute atomic E-state index is 0.00314. The van der Waals surface area contributed by atoms with Gasteiger partial charge in [-0.15, -0.1) is 0 Å². The highest BCUT2D eigenvalue weighted by Gasteiger charge is 2.23. The molecule has 0 spiro atoms. The SMILES string of the molecule is CC(=O)N[C@H](C(=O)Nc1cc(Cl)ccc1C)C(C)C. The Morgan fingerprint density at radius 2 is 1.89 bits per heavy atom. The molecule has 0 aliphatic carbocycles. The van der Waals surface area contributed by atoms with Crippen LogP contribution in [-0.2, 0) is 9.59 Å². The van der Waals surface area contributed by atoms with Crippen LogP contribution in [0.5, 0.6) is 0 Å². The lowest BCUT2D eigenvalue weighted by molar-refractivity contribution is -0.126. The number of hydrogen-bond acceptors (Lipinski definition) is 2. The number of anilines is 1. The van der Waals surface area contributed by atoms with Crippen molar-refractivity contribution >= 4 is 29.1 Å². The monoisotopic (exact) mass is 282 g/mol. The second-order valence-corrected chi connectivity index (χ2v) is 5.31. The van der Waals surface area contributed by atoms with Gasteiger partial charge < -0.3 is 10.6 Å². The van der Waals surface area contributed by atoms with Crippen molar-refractivity contribution in [1.82, 2.24) is 5.32 Å². The summed E-state index contributed by atoms with van der Waals surface area (Å²) in [7, 11) is 0. The van der Waals surface area contributed by atoms with Crippen molar-refractivity contribution in [3.63, 3.8) is 0 Å². The predicted molar refractivity (Wildman–Crippen MR) is 77.3 cm³/mol. The Balaban J connectivity index is 2.87. The van der Waals surface area contributed by atoms with Crippen LogP contribution in [0.15, 0.2) is 18.2 Å². The Morgan fingerprint density at radius 3 is 2.42 bits per heavy atom. The Hall–Kier alpha value is -1.55. The van der Waals surface area contributed by atoms with Crippen LogP contribution in [0.25, 0.3) is 0 Å². The number of carbonyl (C=O) groups is 2. The first-order valence-corrected chi connectivity index (χ1v) is 6.53. The molecule has 0 saturated heterocycles. The second-order valence-electron chi connectivity index (χ2n) is 4.87. The molecule has 0 unspecified atom stereocenters. The van der Waals surface area contributed by atoms with Crippen LogP contribution in [-0.4, -0.2) is 17.9 Å². The van der Waals surface area contributed by atoms with Gasteiger partial charge in [0, 0.05) is 17.6 Å². The molecule has 1 atom stereocenters. The van der Waals surface area contributed by atoms with Crippen LogP contribution in [0.2, 0.25) is 5.02 Å². The van der Waals surface area contributed by atoms with E-state index in [1.165, 1.54) is 6.92 Å². The molecule has 104 valence electrons. The molecule has 0 bridgehead atoms. The van der Waals surface area contributed by atoms with Gasteiger partial charge >= 0.3 is 0 Å². The van der Waals surface area contributed by atoms with Crippen molar-refractivity contribution < 1.29 is 9.59 Å². The van der Waals surface area contributed by atoms with Gasteiger partial charge in [-0.25, -0.2) is 0 Å². The molecule has 2 amide bonds. The molecule has 0 aliphatic heterocycles. The van der Waals surface area contributed by atoms with Gasteiger partial charge in [0.15, 0.2) is 0 Å². The quantitative estimate of drug-likeness (QED) is 0.892. The van der Waals surface area contributed by atoms with Gasteiger partial charge in [0.2, 0.25) is 11.8 Å². The molecule has 0 fully saturated rings. The fraction of sp³-hybridized carbons (Fsp3) is 0.429. The van der Waals surface area contributed by atoms with Crippen LogP contribution in [0.1, 0.15) is 26.3 Å². The molecule has 1 aromatic rings. The number of hydrogen-bond donors (Lipinski definition) is 2. The third-order valence-corrected chi connectivity index (χ3v) is 3.00. The molecule has 0 aliphatic rings. The largest absolute Gasteiger partial charge is 0.344 e. The summed E-state index contributed by atoms with van der Waals surface area (Å²) in [5.41, 5.74) is 1.58. The van der Waals surface area contributed by atoms with Gasteiger partial charge in [-0.2, -0.15) is 0 Å². The highest BCUT2D eigenvalue weighted by Crippen LogP contribution is 2.20. The molecule has 2 N–H and O–H groups in total. The summed E-state index contributed by atoms with van der Waals surface area (Å²) in [4.78, 5) is 23.3. The number of rotatable bonds is 4. The summed E-state index contributed by atoms with van der Waals surface area (Å²) in [6.07, 6.45) is 0. The number of benzene rings is 1. The summed E-state index contributed by atoms with van der Waals surface area (Å²) in [6.45, 7) is 7.04. The van der Waals surface area contributed by atoms with Crippen LogP contribution in [0.3, 0.4) is 0 Å². The highest BCUT2D eigenvalue weighted by molar-refractivity contribution is 6.31. The van der Waals surface area contributed by atoms with Crippen LogP contribution < -0.4 is 10.6 Å². The van der Waals surface area contributed by atoms with E-state index in [1.807, 2.05) is 26.8 Å². The zero-order valence-electron chi connectivity index (χ0n) is 11.6. The lowest BCUT2D eigenvalue weighted by Crippen LogP contribution is -2.46. The normalized spacial score (nSPS) is 12.1. The molecule has 0 heterocycles. The molecule has 4 nitrogen and oxygen atoms in total. The first-order valence-electron chi connectivity index (χ1n) is 6.15. The first kappa shape index (κ1) is 15.5.